The van der Waals surface area contributed by atoms with Gasteiger partial charge in [0.05, 0.1) is 17.0 Å². The van der Waals surface area contributed by atoms with Crippen molar-refractivity contribution in [2.75, 3.05) is 5.01 Å². The zero-order valence-corrected chi connectivity index (χ0v) is 15.6. The molecule has 0 saturated carbocycles. The molecule has 2 aromatic rings. The Balaban J connectivity index is 2.41. The highest BCUT2D eigenvalue weighted by atomic mass is 79.9. The molecule has 0 bridgehead atoms. The van der Waals surface area contributed by atoms with E-state index in [2.05, 4.69) is 21.0 Å². The number of hydrogen-bond acceptors (Lipinski definition) is 2. The number of hydrazone groups is 1. The van der Waals surface area contributed by atoms with E-state index >= 15 is 0 Å². The minimum atomic E-state index is -4.40. The summed E-state index contributed by atoms with van der Waals surface area (Å²) >= 11 is 8.41. The van der Waals surface area contributed by atoms with Gasteiger partial charge in [0, 0.05) is 4.47 Å². The first-order chi connectivity index (χ1) is 11.7. The number of rotatable bonds is 4. The van der Waals surface area contributed by atoms with Crippen molar-refractivity contribution in [1.82, 2.24) is 0 Å². The quantitative estimate of drug-likeness (QED) is 0.405. The summed E-state index contributed by atoms with van der Waals surface area (Å²) in [5, 5.41) is 5.65. The molecule has 0 aliphatic rings. The highest BCUT2D eigenvalue weighted by Crippen LogP contribution is 2.30. The van der Waals surface area contributed by atoms with Crippen LogP contribution in [0, 0.1) is 0 Å². The first-order valence-electron chi connectivity index (χ1n) is 7.32. The molecular weight excluding hydrogens is 415 g/mol. The number of nitrogens with two attached hydrogens (primary N) is 1. The number of anilines is 1. The number of nitrogens with zero attached hydrogens (tertiary/aromatic N) is 2. The fraction of sp³-hybridized carbons (Fsp3) is 0.176. The minimum Gasteiger partial charge on any atom is -0.374 e. The van der Waals surface area contributed by atoms with E-state index in [1.165, 1.54) is 17.1 Å². The van der Waals surface area contributed by atoms with E-state index in [9.17, 15) is 13.2 Å². The number of alkyl halides is 3. The van der Waals surface area contributed by atoms with Crippen LogP contribution < -0.4 is 10.7 Å². The molecule has 0 unspecified atom stereocenters. The standard InChI is InChI=1S/C17H15BrF3N3S/c1-2-15(11-4-3-5-13(18)10-11)23-24(16(22)25)14-8-6-12(7-9-14)17(19,20)21/h3-10H,2H2,1H3,(H2,22,25). The van der Waals surface area contributed by atoms with Gasteiger partial charge in [0.2, 0.25) is 0 Å². The maximum absolute atomic E-state index is 12.7. The normalized spacial score (nSPS) is 12.1. The highest BCUT2D eigenvalue weighted by molar-refractivity contribution is 9.10. The molecule has 0 heterocycles. The van der Waals surface area contributed by atoms with Gasteiger partial charge in [-0.25, -0.2) is 5.01 Å². The van der Waals surface area contributed by atoms with Crippen LogP contribution in [0.15, 0.2) is 58.1 Å². The van der Waals surface area contributed by atoms with Gasteiger partial charge >= 0.3 is 6.18 Å². The molecule has 0 fully saturated rings. The summed E-state index contributed by atoms with van der Waals surface area (Å²) in [6, 6.07) is 12.1. The van der Waals surface area contributed by atoms with E-state index in [0.29, 0.717) is 17.8 Å². The average molecular weight is 430 g/mol. The molecule has 2 N–H and O–H groups in total. The van der Waals surface area contributed by atoms with Gasteiger partial charge < -0.3 is 5.73 Å². The summed E-state index contributed by atoms with van der Waals surface area (Å²) in [5.74, 6) is 0. The van der Waals surface area contributed by atoms with Crippen molar-refractivity contribution in [3.8, 4) is 0 Å². The maximum atomic E-state index is 12.7. The smallest absolute Gasteiger partial charge is 0.374 e. The molecule has 0 saturated heterocycles. The molecule has 25 heavy (non-hydrogen) atoms. The Morgan fingerprint density at radius 2 is 1.84 bits per heavy atom. The predicted molar refractivity (Wildman–Crippen MR) is 102 cm³/mol. The Morgan fingerprint density at radius 3 is 2.32 bits per heavy atom. The molecule has 2 aromatic carbocycles. The van der Waals surface area contributed by atoms with Gasteiger partial charge in [0.15, 0.2) is 5.11 Å². The van der Waals surface area contributed by atoms with Crippen LogP contribution in [0.2, 0.25) is 0 Å². The van der Waals surface area contributed by atoms with Crippen molar-refractivity contribution < 1.29 is 13.2 Å². The van der Waals surface area contributed by atoms with Crippen molar-refractivity contribution in [3.05, 3.63) is 64.1 Å². The molecule has 2 rings (SSSR count). The van der Waals surface area contributed by atoms with Crippen LogP contribution in [0.5, 0.6) is 0 Å². The van der Waals surface area contributed by atoms with Gasteiger partial charge in [-0.2, -0.15) is 18.3 Å². The molecule has 0 aliphatic carbocycles. The summed E-state index contributed by atoms with van der Waals surface area (Å²) in [4.78, 5) is 0. The maximum Gasteiger partial charge on any atom is 0.416 e. The Morgan fingerprint density at radius 1 is 1.20 bits per heavy atom. The van der Waals surface area contributed by atoms with Crippen LogP contribution in [-0.2, 0) is 6.18 Å². The number of halogens is 4. The lowest BCUT2D eigenvalue weighted by molar-refractivity contribution is -0.137. The van der Waals surface area contributed by atoms with E-state index in [4.69, 9.17) is 18.0 Å². The predicted octanol–water partition coefficient (Wildman–Crippen LogP) is 5.33. The third-order valence-electron chi connectivity index (χ3n) is 3.36. The zero-order valence-electron chi connectivity index (χ0n) is 13.2. The van der Waals surface area contributed by atoms with Crippen molar-refractivity contribution in [3.63, 3.8) is 0 Å². The summed E-state index contributed by atoms with van der Waals surface area (Å²) in [6.07, 6.45) is -3.81. The Bertz CT molecular complexity index is 788. The van der Waals surface area contributed by atoms with E-state index in [0.717, 1.165) is 22.2 Å². The molecular formula is C17H15BrF3N3S. The van der Waals surface area contributed by atoms with Crippen molar-refractivity contribution in [2.45, 2.75) is 19.5 Å². The first kappa shape index (κ1) is 19.4. The largest absolute Gasteiger partial charge is 0.416 e. The lowest BCUT2D eigenvalue weighted by Gasteiger charge is -2.19. The number of hydrogen-bond donors (Lipinski definition) is 1. The highest BCUT2D eigenvalue weighted by Gasteiger charge is 2.30. The molecule has 3 nitrogen and oxygen atoms in total. The zero-order chi connectivity index (χ0) is 18.6. The summed E-state index contributed by atoms with van der Waals surface area (Å²) in [6.45, 7) is 1.92. The Hall–Kier alpha value is -1.93. The van der Waals surface area contributed by atoms with Gasteiger partial charge in [-0.15, -0.1) is 0 Å². The lowest BCUT2D eigenvalue weighted by Crippen LogP contribution is -2.32. The molecule has 0 aliphatic heterocycles. The molecule has 0 aromatic heterocycles. The molecule has 0 atom stereocenters. The minimum absolute atomic E-state index is 0.0549. The number of thiocarbonyl (C=S) groups is 1. The van der Waals surface area contributed by atoms with Crippen molar-refractivity contribution in [2.24, 2.45) is 10.8 Å². The average Bonchev–Trinajstić information content (AvgIpc) is 2.55. The second-order valence-electron chi connectivity index (χ2n) is 5.11. The van der Waals surface area contributed by atoms with Crippen LogP contribution in [0.3, 0.4) is 0 Å². The molecule has 0 amide bonds. The fourth-order valence-electron chi connectivity index (χ4n) is 2.15. The van der Waals surface area contributed by atoms with Crippen molar-refractivity contribution in [1.29, 1.82) is 0 Å². The van der Waals surface area contributed by atoms with E-state index in [-0.39, 0.29) is 5.11 Å². The molecule has 132 valence electrons. The first-order valence-corrected chi connectivity index (χ1v) is 8.52. The van der Waals surface area contributed by atoms with Gasteiger partial charge in [-0.05, 0) is 60.6 Å². The third-order valence-corrected chi connectivity index (χ3v) is 4.03. The van der Waals surface area contributed by atoms with Gasteiger partial charge in [0.1, 0.15) is 0 Å². The second kappa shape index (κ2) is 7.97. The molecule has 8 heteroatoms. The Labute approximate surface area is 157 Å². The molecule has 0 spiro atoms. The van der Waals surface area contributed by atoms with Gasteiger partial charge in [0.25, 0.3) is 0 Å². The topological polar surface area (TPSA) is 41.6 Å². The van der Waals surface area contributed by atoms with Gasteiger partial charge in [-0.1, -0.05) is 35.0 Å². The van der Waals surface area contributed by atoms with Crippen LogP contribution in [-0.4, -0.2) is 10.8 Å². The monoisotopic (exact) mass is 429 g/mol. The molecule has 0 radical (unpaired) electrons. The Kier molecular flexibility index (Phi) is 6.18. The van der Waals surface area contributed by atoms with Crippen molar-refractivity contribution >= 4 is 44.7 Å². The van der Waals surface area contributed by atoms with Gasteiger partial charge in [-0.3, -0.25) is 0 Å². The fourth-order valence-corrected chi connectivity index (χ4v) is 2.69. The third kappa shape index (κ3) is 5.02. The van der Waals surface area contributed by atoms with E-state index in [1.807, 2.05) is 31.2 Å². The SMILES string of the molecule is CCC(=NN(C(N)=S)c1ccc(C(F)(F)F)cc1)c1cccc(Br)c1. The van der Waals surface area contributed by atoms with Crippen LogP contribution in [0.25, 0.3) is 0 Å². The number of benzene rings is 2. The van der Waals surface area contributed by atoms with Crippen LogP contribution >= 0.6 is 28.1 Å². The van der Waals surface area contributed by atoms with E-state index < -0.39 is 11.7 Å². The summed E-state index contributed by atoms with van der Waals surface area (Å²) in [5.41, 5.74) is 6.91. The van der Waals surface area contributed by atoms with Crippen LogP contribution in [0.1, 0.15) is 24.5 Å². The summed E-state index contributed by atoms with van der Waals surface area (Å²) in [7, 11) is 0. The second-order valence-corrected chi connectivity index (χ2v) is 6.44. The van der Waals surface area contributed by atoms with Crippen LogP contribution in [0.4, 0.5) is 18.9 Å². The lowest BCUT2D eigenvalue weighted by atomic mass is 10.1. The summed E-state index contributed by atoms with van der Waals surface area (Å²) < 4.78 is 39.0. The van der Waals surface area contributed by atoms with E-state index in [1.54, 1.807) is 0 Å².